The molecule has 4 heteroatoms. The van der Waals surface area contributed by atoms with E-state index in [0.717, 1.165) is 25.9 Å². The van der Waals surface area contributed by atoms with Gasteiger partial charge in [0.2, 0.25) is 5.91 Å². The first-order chi connectivity index (χ1) is 9.51. The van der Waals surface area contributed by atoms with Crippen LogP contribution in [0.5, 0.6) is 0 Å². The number of carboxylic acid groups (broad SMARTS) is 1. The fraction of sp³-hybridized carbons (Fsp3) is 0.875. The van der Waals surface area contributed by atoms with Crippen LogP contribution in [-0.4, -0.2) is 35.0 Å². The molecule has 4 nitrogen and oxygen atoms in total. The number of hydrogen-bond acceptors (Lipinski definition) is 2. The number of hydrogen-bond donors (Lipinski definition) is 1. The highest BCUT2D eigenvalue weighted by Crippen LogP contribution is 2.44. The summed E-state index contributed by atoms with van der Waals surface area (Å²) in [5.74, 6) is -0.736. The Labute approximate surface area is 121 Å². The Hall–Kier alpha value is -1.06. The Morgan fingerprint density at radius 2 is 1.65 bits per heavy atom. The molecule has 1 amide bonds. The van der Waals surface area contributed by atoms with E-state index in [4.69, 9.17) is 5.11 Å². The zero-order valence-electron chi connectivity index (χ0n) is 12.6. The molecule has 20 heavy (non-hydrogen) atoms. The smallest absolute Gasteiger partial charge is 0.303 e. The van der Waals surface area contributed by atoms with Crippen LogP contribution in [0.25, 0.3) is 0 Å². The van der Waals surface area contributed by atoms with Gasteiger partial charge in [-0.2, -0.15) is 0 Å². The van der Waals surface area contributed by atoms with Crippen molar-refractivity contribution in [1.29, 1.82) is 0 Å². The molecule has 0 aromatic carbocycles. The van der Waals surface area contributed by atoms with Gasteiger partial charge in [-0.05, 0) is 37.0 Å². The summed E-state index contributed by atoms with van der Waals surface area (Å²) in [5.41, 5.74) is 0.516. The molecule has 1 spiro atoms. The molecule has 1 aliphatic heterocycles. The third-order valence-electron chi connectivity index (χ3n) is 5.14. The topological polar surface area (TPSA) is 57.6 Å². The summed E-state index contributed by atoms with van der Waals surface area (Å²) in [5, 5.41) is 8.75. The number of carboxylic acids is 1. The Morgan fingerprint density at radius 1 is 1.05 bits per heavy atom. The zero-order valence-corrected chi connectivity index (χ0v) is 12.6. The van der Waals surface area contributed by atoms with Crippen molar-refractivity contribution in [3.8, 4) is 0 Å². The van der Waals surface area contributed by atoms with Crippen molar-refractivity contribution in [2.24, 2.45) is 11.3 Å². The maximum atomic E-state index is 12.2. The first kappa shape index (κ1) is 15.3. The molecular weight excluding hydrogens is 254 g/mol. The number of piperidine rings is 1. The van der Waals surface area contributed by atoms with Crippen molar-refractivity contribution < 1.29 is 14.7 Å². The first-order valence-corrected chi connectivity index (χ1v) is 8.00. The molecule has 1 saturated carbocycles. The minimum absolute atomic E-state index is 0.0643. The molecule has 1 atom stereocenters. The number of nitrogens with zero attached hydrogens (tertiary/aromatic N) is 1. The van der Waals surface area contributed by atoms with Gasteiger partial charge in [-0.3, -0.25) is 9.59 Å². The second-order valence-electron chi connectivity index (χ2n) is 6.85. The van der Waals surface area contributed by atoms with E-state index in [1.54, 1.807) is 0 Å². The normalized spacial score (nSPS) is 23.6. The van der Waals surface area contributed by atoms with Gasteiger partial charge in [0.05, 0.1) is 0 Å². The van der Waals surface area contributed by atoms with Crippen LogP contribution in [0.1, 0.15) is 64.7 Å². The highest BCUT2D eigenvalue weighted by atomic mass is 16.4. The predicted octanol–water partition coefficient (Wildman–Crippen LogP) is 3.06. The molecule has 1 N–H and O–H groups in total. The minimum atomic E-state index is -0.815. The Kier molecular flexibility index (Phi) is 5.06. The molecule has 0 aromatic heterocycles. The Bertz CT molecular complexity index is 351. The van der Waals surface area contributed by atoms with Crippen molar-refractivity contribution in [2.75, 3.05) is 13.1 Å². The summed E-state index contributed by atoms with van der Waals surface area (Å²) in [6.45, 7) is 3.59. The van der Waals surface area contributed by atoms with Crippen molar-refractivity contribution in [1.82, 2.24) is 4.90 Å². The summed E-state index contributed by atoms with van der Waals surface area (Å²) >= 11 is 0. The van der Waals surface area contributed by atoms with Crippen molar-refractivity contribution in [3.63, 3.8) is 0 Å². The maximum absolute atomic E-state index is 12.2. The van der Waals surface area contributed by atoms with Crippen LogP contribution in [0.4, 0.5) is 0 Å². The predicted molar refractivity (Wildman–Crippen MR) is 77.4 cm³/mol. The zero-order chi connectivity index (χ0) is 14.6. The van der Waals surface area contributed by atoms with Gasteiger partial charge < -0.3 is 10.0 Å². The lowest BCUT2D eigenvalue weighted by Gasteiger charge is -2.44. The Morgan fingerprint density at radius 3 is 2.20 bits per heavy atom. The fourth-order valence-electron chi connectivity index (χ4n) is 3.83. The lowest BCUT2D eigenvalue weighted by Crippen LogP contribution is -2.44. The highest BCUT2D eigenvalue weighted by Gasteiger charge is 2.36. The van der Waals surface area contributed by atoms with E-state index in [-0.39, 0.29) is 18.2 Å². The summed E-state index contributed by atoms with van der Waals surface area (Å²) in [6.07, 6.45) is 9.50. The summed E-state index contributed by atoms with van der Waals surface area (Å²) in [7, 11) is 0. The molecule has 1 heterocycles. The quantitative estimate of drug-likeness (QED) is 0.861. The number of likely N-dealkylation sites (tertiary alicyclic amines) is 1. The molecule has 2 rings (SSSR count). The molecule has 1 unspecified atom stereocenters. The molecule has 0 aromatic rings. The van der Waals surface area contributed by atoms with E-state index in [2.05, 4.69) is 0 Å². The minimum Gasteiger partial charge on any atom is -0.481 e. The molecular formula is C16H27NO3. The van der Waals surface area contributed by atoms with E-state index in [1.165, 1.54) is 32.1 Å². The third-order valence-corrected chi connectivity index (χ3v) is 5.14. The standard InChI is InChI=1S/C16H27NO3/c1-13(12-15(19)20)11-14(18)17-9-7-16(8-10-17)5-3-2-4-6-16/h13H,2-12H2,1H3,(H,19,20). The van der Waals surface area contributed by atoms with Crippen LogP contribution in [-0.2, 0) is 9.59 Å². The summed E-state index contributed by atoms with van der Waals surface area (Å²) in [4.78, 5) is 24.8. The lowest BCUT2D eigenvalue weighted by atomic mass is 9.68. The Balaban J connectivity index is 1.78. The van der Waals surface area contributed by atoms with Gasteiger partial charge in [-0.1, -0.05) is 26.2 Å². The monoisotopic (exact) mass is 281 g/mol. The van der Waals surface area contributed by atoms with Gasteiger partial charge in [0.15, 0.2) is 0 Å². The van der Waals surface area contributed by atoms with Crippen molar-refractivity contribution >= 4 is 11.9 Å². The number of carbonyl (C=O) groups excluding carboxylic acids is 1. The summed E-state index contributed by atoms with van der Waals surface area (Å²) < 4.78 is 0. The van der Waals surface area contributed by atoms with Crippen LogP contribution in [0.2, 0.25) is 0 Å². The fourth-order valence-corrected chi connectivity index (χ4v) is 3.83. The maximum Gasteiger partial charge on any atom is 0.303 e. The van der Waals surface area contributed by atoms with Gasteiger partial charge in [0.1, 0.15) is 0 Å². The van der Waals surface area contributed by atoms with E-state index >= 15 is 0 Å². The van der Waals surface area contributed by atoms with Crippen LogP contribution >= 0.6 is 0 Å². The van der Waals surface area contributed by atoms with Gasteiger partial charge in [-0.25, -0.2) is 0 Å². The van der Waals surface area contributed by atoms with Gasteiger partial charge in [-0.15, -0.1) is 0 Å². The van der Waals surface area contributed by atoms with Crippen LogP contribution in [0.3, 0.4) is 0 Å². The molecule has 1 aliphatic carbocycles. The molecule has 0 bridgehead atoms. The van der Waals surface area contributed by atoms with Gasteiger partial charge in [0.25, 0.3) is 0 Å². The molecule has 2 aliphatic rings. The SMILES string of the molecule is CC(CC(=O)O)CC(=O)N1CCC2(CCCCC2)CC1. The van der Waals surface area contributed by atoms with E-state index in [0.29, 0.717) is 11.8 Å². The van der Waals surface area contributed by atoms with E-state index in [1.807, 2.05) is 11.8 Å². The largest absolute Gasteiger partial charge is 0.481 e. The van der Waals surface area contributed by atoms with Crippen LogP contribution < -0.4 is 0 Å². The molecule has 1 saturated heterocycles. The third kappa shape index (κ3) is 3.97. The van der Waals surface area contributed by atoms with E-state index < -0.39 is 5.97 Å². The highest BCUT2D eigenvalue weighted by molar-refractivity contribution is 5.77. The van der Waals surface area contributed by atoms with Gasteiger partial charge in [0, 0.05) is 25.9 Å². The van der Waals surface area contributed by atoms with Gasteiger partial charge >= 0.3 is 5.97 Å². The first-order valence-electron chi connectivity index (χ1n) is 8.00. The average Bonchev–Trinajstić information content (AvgIpc) is 2.39. The van der Waals surface area contributed by atoms with Crippen molar-refractivity contribution in [3.05, 3.63) is 0 Å². The van der Waals surface area contributed by atoms with Crippen LogP contribution in [0, 0.1) is 11.3 Å². The number of aliphatic carboxylic acids is 1. The second-order valence-corrected chi connectivity index (χ2v) is 6.85. The lowest BCUT2D eigenvalue weighted by molar-refractivity contribution is -0.139. The summed E-state index contributed by atoms with van der Waals surface area (Å²) in [6, 6.07) is 0. The van der Waals surface area contributed by atoms with Crippen molar-refractivity contribution in [2.45, 2.75) is 64.7 Å². The van der Waals surface area contributed by atoms with Crippen LogP contribution in [0.15, 0.2) is 0 Å². The molecule has 114 valence electrons. The second kappa shape index (κ2) is 6.59. The molecule has 2 fully saturated rings. The van der Waals surface area contributed by atoms with E-state index in [9.17, 15) is 9.59 Å². The molecule has 0 radical (unpaired) electrons. The average molecular weight is 281 g/mol. The number of rotatable bonds is 4. The number of carbonyl (C=O) groups is 2. The number of amides is 1.